The second-order valence-corrected chi connectivity index (χ2v) is 12.4. The topological polar surface area (TPSA) is 88.5 Å². The van der Waals surface area contributed by atoms with Crippen molar-refractivity contribution < 1.29 is 13.2 Å². The molecule has 0 spiro atoms. The minimum Gasteiger partial charge on any atom is -0.495 e. The Hall–Kier alpha value is -3.11. The van der Waals surface area contributed by atoms with Crippen LogP contribution in [0.4, 0.5) is 11.4 Å². The molecule has 10 heteroatoms. The molecular weight excluding hydrogens is 518 g/mol. The summed E-state index contributed by atoms with van der Waals surface area (Å²) in [4.78, 5) is 6.75. The van der Waals surface area contributed by atoms with Gasteiger partial charge in [-0.25, -0.2) is 8.42 Å². The van der Waals surface area contributed by atoms with Crippen LogP contribution in [0, 0.1) is 13.8 Å². The van der Waals surface area contributed by atoms with Gasteiger partial charge in [0.25, 0.3) is 0 Å². The second-order valence-electron chi connectivity index (χ2n) is 10.2. The number of rotatable bonds is 7. The van der Waals surface area contributed by atoms with Crippen LogP contribution in [0.5, 0.6) is 5.75 Å². The van der Waals surface area contributed by atoms with Crippen LogP contribution >= 0.6 is 12.2 Å². The highest BCUT2D eigenvalue weighted by molar-refractivity contribution is 7.92. The van der Waals surface area contributed by atoms with Gasteiger partial charge in [0.2, 0.25) is 10.0 Å². The molecule has 1 saturated heterocycles. The minimum absolute atomic E-state index is 0.180. The summed E-state index contributed by atoms with van der Waals surface area (Å²) in [6.45, 7) is 4.39. The fraction of sp³-hybridized carbons (Fsp3) is 0.429. The lowest BCUT2D eigenvalue weighted by Gasteiger charge is -2.30. The Morgan fingerprint density at radius 2 is 1.87 bits per heavy atom. The first-order valence-electron chi connectivity index (χ1n) is 13.0. The third-order valence-corrected chi connectivity index (χ3v) is 8.54. The maximum absolute atomic E-state index is 12.1. The van der Waals surface area contributed by atoms with Gasteiger partial charge in [0.1, 0.15) is 5.75 Å². The van der Waals surface area contributed by atoms with E-state index in [2.05, 4.69) is 44.4 Å². The highest BCUT2D eigenvalue weighted by atomic mass is 32.2. The van der Waals surface area contributed by atoms with E-state index in [0.717, 1.165) is 17.6 Å². The number of ether oxygens (including phenoxy) is 1. The van der Waals surface area contributed by atoms with Gasteiger partial charge in [-0.1, -0.05) is 25.3 Å². The molecule has 2 fully saturated rings. The van der Waals surface area contributed by atoms with Crippen molar-refractivity contribution in [1.29, 1.82) is 0 Å². The molecule has 1 aromatic carbocycles. The van der Waals surface area contributed by atoms with E-state index in [0.29, 0.717) is 22.6 Å². The molecule has 2 aromatic heterocycles. The Balaban J connectivity index is 1.64. The van der Waals surface area contributed by atoms with E-state index >= 15 is 0 Å². The average Bonchev–Trinajstić information content (AvgIpc) is 3.39. The maximum atomic E-state index is 12.1. The number of sulfonamides is 1. The van der Waals surface area contributed by atoms with Crippen LogP contribution in [0.15, 0.2) is 48.7 Å². The van der Waals surface area contributed by atoms with E-state index in [-0.39, 0.29) is 12.1 Å². The van der Waals surface area contributed by atoms with Gasteiger partial charge in [-0.3, -0.25) is 9.71 Å². The fourth-order valence-corrected chi connectivity index (χ4v) is 6.98. The number of aryl methyl sites for hydroxylation is 1. The zero-order valence-electron chi connectivity index (χ0n) is 22.3. The number of hydrogen-bond acceptors (Lipinski definition) is 5. The first kappa shape index (κ1) is 26.5. The van der Waals surface area contributed by atoms with Gasteiger partial charge in [-0.2, -0.15) is 0 Å². The van der Waals surface area contributed by atoms with Crippen LogP contribution in [0.25, 0.3) is 0 Å². The van der Waals surface area contributed by atoms with E-state index in [1.54, 1.807) is 18.3 Å². The third-order valence-electron chi connectivity index (χ3n) is 7.64. The minimum atomic E-state index is -3.51. The van der Waals surface area contributed by atoms with Crippen LogP contribution in [0.2, 0.25) is 0 Å². The van der Waals surface area contributed by atoms with Gasteiger partial charge in [0, 0.05) is 29.3 Å². The predicted octanol–water partition coefficient (Wildman–Crippen LogP) is 5.56. The Bertz CT molecular complexity index is 1430. The molecule has 1 saturated carbocycles. The van der Waals surface area contributed by atoms with Crippen molar-refractivity contribution >= 4 is 38.7 Å². The molecule has 0 radical (unpaired) electrons. The molecule has 0 amide bonds. The van der Waals surface area contributed by atoms with Crippen molar-refractivity contribution in [3.05, 3.63) is 71.3 Å². The zero-order valence-corrected chi connectivity index (χ0v) is 23.9. The summed E-state index contributed by atoms with van der Waals surface area (Å²) in [5, 5.41) is 4.07. The van der Waals surface area contributed by atoms with E-state index in [1.807, 2.05) is 24.3 Å². The number of methoxy groups -OCH3 is 1. The number of aromatic nitrogens is 2. The molecule has 2 aliphatic rings. The second kappa shape index (κ2) is 10.6. The molecule has 38 heavy (non-hydrogen) atoms. The van der Waals surface area contributed by atoms with E-state index in [4.69, 9.17) is 17.0 Å². The monoisotopic (exact) mass is 553 g/mol. The molecule has 8 nitrogen and oxygen atoms in total. The summed E-state index contributed by atoms with van der Waals surface area (Å²) < 4.78 is 34.7. The van der Waals surface area contributed by atoms with Gasteiger partial charge in [0.15, 0.2) is 5.11 Å². The summed E-state index contributed by atoms with van der Waals surface area (Å²) in [5.74, 6) is 0.436. The number of thiocarbonyl (C=S) groups is 1. The SMILES string of the molecule is COc1ccc(N2C(=S)N[C@@H](c3ccccn3)[C@@H]2c2cc(C)n(C3CCCCC3)c2C)cc1NS(C)(=O)=O. The van der Waals surface area contributed by atoms with Crippen molar-refractivity contribution in [2.45, 2.75) is 64.1 Å². The predicted molar refractivity (Wildman–Crippen MR) is 155 cm³/mol. The number of hydrogen-bond donors (Lipinski definition) is 2. The fourth-order valence-electron chi connectivity index (χ4n) is 6.08. The zero-order chi connectivity index (χ0) is 27.0. The summed E-state index contributed by atoms with van der Waals surface area (Å²) in [6, 6.07) is 13.8. The quantitative estimate of drug-likeness (QED) is 0.370. The maximum Gasteiger partial charge on any atom is 0.229 e. The summed E-state index contributed by atoms with van der Waals surface area (Å²) in [6.07, 6.45) is 9.15. The summed E-state index contributed by atoms with van der Waals surface area (Å²) >= 11 is 5.91. The summed E-state index contributed by atoms with van der Waals surface area (Å²) in [7, 11) is -2.00. The van der Waals surface area contributed by atoms with E-state index < -0.39 is 10.0 Å². The van der Waals surface area contributed by atoms with Gasteiger partial charge < -0.3 is 19.5 Å². The van der Waals surface area contributed by atoms with Crippen molar-refractivity contribution in [2.75, 3.05) is 23.0 Å². The molecule has 0 unspecified atom stereocenters. The largest absolute Gasteiger partial charge is 0.495 e. The number of nitrogens with zero attached hydrogens (tertiary/aromatic N) is 3. The van der Waals surface area contributed by atoms with Crippen LogP contribution in [-0.4, -0.2) is 36.4 Å². The van der Waals surface area contributed by atoms with Crippen molar-refractivity contribution in [1.82, 2.24) is 14.9 Å². The molecule has 202 valence electrons. The number of anilines is 2. The summed E-state index contributed by atoms with van der Waals surface area (Å²) in [5.41, 5.74) is 5.69. The molecule has 2 atom stereocenters. The van der Waals surface area contributed by atoms with Crippen LogP contribution in [0.3, 0.4) is 0 Å². The first-order chi connectivity index (χ1) is 18.2. The lowest BCUT2D eigenvalue weighted by molar-refractivity contribution is 0.345. The third kappa shape index (κ3) is 5.11. The van der Waals surface area contributed by atoms with Gasteiger partial charge in [-0.15, -0.1) is 0 Å². The Kier molecular flexibility index (Phi) is 7.37. The number of benzene rings is 1. The molecule has 0 bridgehead atoms. The number of nitrogens with one attached hydrogen (secondary N) is 2. The van der Waals surface area contributed by atoms with Crippen molar-refractivity contribution in [3.63, 3.8) is 0 Å². The number of pyridine rings is 1. The molecule has 3 aromatic rings. The highest BCUT2D eigenvalue weighted by Crippen LogP contribution is 2.45. The molecule has 2 N–H and O–H groups in total. The highest BCUT2D eigenvalue weighted by Gasteiger charge is 2.42. The average molecular weight is 554 g/mol. The van der Waals surface area contributed by atoms with Gasteiger partial charge >= 0.3 is 0 Å². The molecule has 5 rings (SSSR count). The standard InChI is InChI=1S/C28H35N5O3S2/c1-18-16-22(19(2)32(18)20-10-6-5-7-11-20)27-26(23-12-8-9-15-29-23)30-28(37)33(27)21-13-14-25(36-3)24(17-21)31-38(4,34)35/h8-9,12-17,20,26-27,31H,5-7,10-11H2,1-4H3,(H,30,37)/t26-,27-/m0/s1. The Labute approximate surface area is 230 Å². The van der Waals surface area contributed by atoms with Gasteiger partial charge in [0.05, 0.1) is 36.8 Å². The van der Waals surface area contributed by atoms with E-state index in [1.165, 1.54) is 56.2 Å². The Morgan fingerprint density at radius 1 is 1.11 bits per heavy atom. The van der Waals surface area contributed by atoms with Crippen LogP contribution in [0.1, 0.15) is 72.9 Å². The molecule has 1 aliphatic carbocycles. The van der Waals surface area contributed by atoms with Gasteiger partial charge in [-0.05, 0) is 80.9 Å². The Morgan fingerprint density at radius 3 is 2.53 bits per heavy atom. The smallest absolute Gasteiger partial charge is 0.229 e. The first-order valence-corrected chi connectivity index (χ1v) is 15.3. The molecular formula is C28H35N5O3S2. The lowest BCUT2D eigenvalue weighted by Crippen LogP contribution is -2.29. The molecule has 1 aliphatic heterocycles. The van der Waals surface area contributed by atoms with E-state index in [9.17, 15) is 8.42 Å². The normalized spacial score (nSPS) is 20.4. The lowest BCUT2D eigenvalue weighted by atomic mass is 9.94. The van der Waals surface area contributed by atoms with Crippen molar-refractivity contribution in [2.24, 2.45) is 0 Å². The van der Waals surface area contributed by atoms with Crippen LogP contribution in [-0.2, 0) is 10.0 Å². The van der Waals surface area contributed by atoms with Crippen molar-refractivity contribution in [3.8, 4) is 5.75 Å². The van der Waals surface area contributed by atoms with Crippen LogP contribution < -0.4 is 19.7 Å². The molecule has 3 heterocycles.